The van der Waals surface area contributed by atoms with Gasteiger partial charge in [-0.1, -0.05) is 0 Å². The highest BCUT2D eigenvalue weighted by Crippen LogP contribution is 2.38. The van der Waals surface area contributed by atoms with Crippen LogP contribution in [0.25, 0.3) is 5.82 Å². The van der Waals surface area contributed by atoms with Crippen LogP contribution in [-0.4, -0.2) is 29.0 Å². The predicted octanol–water partition coefficient (Wildman–Crippen LogP) is 1.11. The quantitative estimate of drug-likeness (QED) is 0.873. The van der Waals surface area contributed by atoms with Gasteiger partial charge >= 0.3 is 0 Å². The van der Waals surface area contributed by atoms with E-state index in [1.807, 2.05) is 6.07 Å². The van der Waals surface area contributed by atoms with Gasteiger partial charge in [-0.05, 0) is 12.1 Å². The molecule has 1 aromatic heterocycles. The lowest BCUT2D eigenvalue weighted by molar-refractivity contribution is 0.390. The predicted molar refractivity (Wildman–Crippen MR) is 78.9 cm³/mol. The summed E-state index contributed by atoms with van der Waals surface area (Å²) in [4.78, 5) is 4.09. The maximum Gasteiger partial charge on any atom is 0.228 e. The zero-order valence-electron chi connectivity index (χ0n) is 12.1. The number of nitrogens with one attached hydrogen (secondary N) is 1. The van der Waals surface area contributed by atoms with Gasteiger partial charge in [-0.15, -0.1) is 0 Å². The lowest BCUT2D eigenvalue weighted by atomic mass is 9.97. The summed E-state index contributed by atoms with van der Waals surface area (Å²) in [5, 5.41) is 16.6. The normalized spacial score (nSPS) is 16.5. The Bertz CT molecular complexity index is 789. The molecule has 1 aliphatic heterocycles. The molecule has 0 spiro atoms. The Balaban J connectivity index is 2.13. The fraction of sp³-hybridized carbons (Fsp3) is 0.214. The second-order valence-electron chi connectivity index (χ2n) is 4.59. The Morgan fingerprint density at radius 1 is 1.36 bits per heavy atom. The van der Waals surface area contributed by atoms with Crippen LogP contribution in [0, 0.1) is 11.3 Å². The minimum Gasteiger partial charge on any atom is -0.497 e. The van der Waals surface area contributed by atoms with E-state index < -0.39 is 6.04 Å². The molecule has 1 atom stereocenters. The molecule has 8 nitrogen and oxygen atoms in total. The number of benzene rings is 1. The number of rotatable bonds is 3. The van der Waals surface area contributed by atoms with Gasteiger partial charge in [0, 0.05) is 11.6 Å². The number of anilines is 1. The molecular weight excluding hydrogens is 284 g/mol. The Morgan fingerprint density at radius 3 is 2.86 bits per heavy atom. The third-order valence-corrected chi connectivity index (χ3v) is 3.49. The van der Waals surface area contributed by atoms with Crippen molar-refractivity contribution in [1.29, 1.82) is 5.26 Å². The molecule has 1 aliphatic rings. The van der Waals surface area contributed by atoms with Crippen LogP contribution in [0.15, 0.2) is 30.1 Å². The summed E-state index contributed by atoms with van der Waals surface area (Å²) in [5.41, 5.74) is 7.14. The molecule has 8 heteroatoms. The molecule has 3 rings (SSSR count). The van der Waals surface area contributed by atoms with Crippen molar-refractivity contribution in [2.24, 2.45) is 5.73 Å². The zero-order valence-corrected chi connectivity index (χ0v) is 12.1. The Kier molecular flexibility index (Phi) is 3.31. The van der Waals surface area contributed by atoms with Crippen LogP contribution in [0.5, 0.6) is 11.5 Å². The van der Waals surface area contributed by atoms with Crippen LogP contribution in [0.2, 0.25) is 0 Å². The largest absolute Gasteiger partial charge is 0.497 e. The van der Waals surface area contributed by atoms with Crippen molar-refractivity contribution in [1.82, 2.24) is 14.8 Å². The lowest BCUT2D eigenvalue weighted by Gasteiger charge is -2.26. The standard InChI is InChI=1S/C14H14N6O2/c1-21-8-3-4-9(11(5-8)22-2)12-10(6-15)13(16)20-14(19-12)17-7-18-20/h3-5,7,12H,16H2,1-2H3,(H,17,18,19)/t12-/m1/s1. The number of hydrogen-bond donors (Lipinski definition) is 2. The molecule has 0 unspecified atom stereocenters. The van der Waals surface area contributed by atoms with Gasteiger partial charge in [0.2, 0.25) is 5.95 Å². The van der Waals surface area contributed by atoms with Crippen molar-refractivity contribution in [3.63, 3.8) is 0 Å². The Hall–Kier alpha value is -3.21. The highest BCUT2D eigenvalue weighted by Gasteiger charge is 2.30. The van der Waals surface area contributed by atoms with Crippen molar-refractivity contribution in [2.45, 2.75) is 6.04 Å². The third-order valence-electron chi connectivity index (χ3n) is 3.49. The van der Waals surface area contributed by atoms with Crippen LogP contribution in [0.3, 0.4) is 0 Å². The van der Waals surface area contributed by atoms with E-state index in [1.165, 1.54) is 11.0 Å². The van der Waals surface area contributed by atoms with E-state index >= 15 is 0 Å². The monoisotopic (exact) mass is 298 g/mol. The molecule has 0 aliphatic carbocycles. The average molecular weight is 298 g/mol. The smallest absolute Gasteiger partial charge is 0.228 e. The molecule has 0 bridgehead atoms. The minimum absolute atomic E-state index is 0.247. The number of nitriles is 1. The van der Waals surface area contributed by atoms with E-state index in [2.05, 4.69) is 21.5 Å². The van der Waals surface area contributed by atoms with E-state index in [4.69, 9.17) is 15.2 Å². The highest BCUT2D eigenvalue weighted by atomic mass is 16.5. The van der Waals surface area contributed by atoms with Crippen LogP contribution >= 0.6 is 0 Å². The number of ether oxygens (including phenoxy) is 2. The van der Waals surface area contributed by atoms with Crippen molar-refractivity contribution < 1.29 is 9.47 Å². The van der Waals surface area contributed by atoms with Gasteiger partial charge in [-0.25, -0.2) is 0 Å². The maximum atomic E-state index is 9.47. The first-order chi connectivity index (χ1) is 10.7. The first-order valence-corrected chi connectivity index (χ1v) is 6.48. The van der Waals surface area contributed by atoms with Gasteiger partial charge in [0.25, 0.3) is 0 Å². The SMILES string of the molecule is COc1ccc([C@H]2Nc3ncnn3C(N)=C2C#N)c(OC)c1. The Labute approximate surface area is 126 Å². The molecule has 22 heavy (non-hydrogen) atoms. The van der Waals surface area contributed by atoms with E-state index in [-0.39, 0.29) is 5.82 Å². The highest BCUT2D eigenvalue weighted by molar-refractivity contribution is 5.66. The first-order valence-electron chi connectivity index (χ1n) is 6.48. The first kappa shape index (κ1) is 13.8. The average Bonchev–Trinajstić information content (AvgIpc) is 3.03. The van der Waals surface area contributed by atoms with Gasteiger partial charge in [0.05, 0.1) is 25.8 Å². The van der Waals surface area contributed by atoms with Crippen molar-refractivity contribution >= 4 is 11.8 Å². The minimum atomic E-state index is -0.470. The van der Waals surface area contributed by atoms with Crippen molar-refractivity contribution in [3.05, 3.63) is 35.7 Å². The molecule has 0 fully saturated rings. The lowest BCUT2D eigenvalue weighted by Crippen LogP contribution is -2.27. The van der Waals surface area contributed by atoms with Crippen LogP contribution < -0.4 is 20.5 Å². The summed E-state index contributed by atoms with van der Waals surface area (Å²) in [6.45, 7) is 0. The molecule has 2 heterocycles. The molecular formula is C14H14N6O2. The summed E-state index contributed by atoms with van der Waals surface area (Å²) in [6.07, 6.45) is 1.37. The number of nitrogens with two attached hydrogens (primary N) is 1. The molecule has 0 saturated heterocycles. The molecule has 0 radical (unpaired) electrons. The number of nitrogens with zero attached hydrogens (tertiary/aromatic N) is 4. The van der Waals surface area contributed by atoms with Crippen LogP contribution in [0.4, 0.5) is 5.95 Å². The van der Waals surface area contributed by atoms with Gasteiger partial charge in [-0.3, -0.25) is 0 Å². The maximum absolute atomic E-state index is 9.47. The fourth-order valence-corrected chi connectivity index (χ4v) is 2.39. The van der Waals surface area contributed by atoms with Gasteiger partial charge in [0.15, 0.2) is 0 Å². The second kappa shape index (κ2) is 5.29. The third kappa shape index (κ3) is 2.00. The van der Waals surface area contributed by atoms with Crippen molar-refractivity contribution in [2.75, 3.05) is 19.5 Å². The molecule has 112 valence electrons. The van der Waals surface area contributed by atoms with E-state index in [0.717, 1.165) is 5.56 Å². The molecule has 0 amide bonds. The second-order valence-corrected chi connectivity index (χ2v) is 4.59. The number of methoxy groups -OCH3 is 2. The van der Waals surface area contributed by atoms with Crippen LogP contribution in [0.1, 0.15) is 11.6 Å². The van der Waals surface area contributed by atoms with E-state index in [9.17, 15) is 5.26 Å². The van der Waals surface area contributed by atoms with E-state index in [1.54, 1.807) is 26.4 Å². The van der Waals surface area contributed by atoms with Crippen molar-refractivity contribution in [3.8, 4) is 17.6 Å². The summed E-state index contributed by atoms with van der Waals surface area (Å²) >= 11 is 0. The summed E-state index contributed by atoms with van der Waals surface area (Å²) in [5.74, 6) is 1.97. The van der Waals surface area contributed by atoms with E-state index in [0.29, 0.717) is 23.0 Å². The zero-order chi connectivity index (χ0) is 15.7. The molecule has 3 N–H and O–H groups in total. The summed E-state index contributed by atoms with van der Waals surface area (Å²) < 4.78 is 12.0. The molecule has 0 saturated carbocycles. The number of fused-ring (bicyclic) bond motifs is 1. The molecule has 1 aromatic carbocycles. The van der Waals surface area contributed by atoms with Gasteiger partial charge in [-0.2, -0.15) is 20.0 Å². The van der Waals surface area contributed by atoms with Gasteiger partial charge in [0.1, 0.15) is 29.7 Å². The Morgan fingerprint density at radius 2 is 2.18 bits per heavy atom. The topological polar surface area (TPSA) is 111 Å². The molecule has 2 aromatic rings. The number of aromatic nitrogens is 3. The summed E-state index contributed by atoms with van der Waals surface area (Å²) in [6, 6.07) is 7.03. The number of hydrogen-bond acceptors (Lipinski definition) is 7. The summed E-state index contributed by atoms with van der Waals surface area (Å²) in [7, 11) is 3.14. The van der Waals surface area contributed by atoms with Gasteiger partial charge < -0.3 is 20.5 Å². The van der Waals surface area contributed by atoms with Crippen LogP contribution in [-0.2, 0) is 0 Å². The fourth-order valence-electron chi connectivity index (χ4n) is 2.39.